The van der Waals surface area contributed by atoms with Crippen molar-refractivity contribution >= 4 is 40.9 Å². The van der Waals surface area contributed by atoms with Crippen LogP contribution < -0.4 is 5.32 Å². The number of thioether (sulfide) groups is 1. The molecule has 0 saturated carbocycles. The Morgan fingerprint density at radius 3 is 2.68 bits per heavy atom. The highest BCUT2D eigenvalue weighted by atomic mass is 35.5. The Morgan fingerprint density at radius 2 is 2.00 bits per heavy atom. The van der Waals surface area contributed by atoms with E-state index in [4.69, 9.17) is 11.6 Å². The normalized spacial score (nSPS) is 21.1. The maximum atomic E-state index is 12.4. The number of nitrogens with one attached hydrogen (secondary N) is 1. The quantitative estimate of drug-likeness (QED) is 0.918. The van der Waals surface area contributed by atoms with Crippen molar-refractivity contribution in [3.8, 4) is 0 Å². The van der Waals surface area contributed by atoms with Crippen molar-refractivity contribution in [1.29, 1.82) is 0 Å². The van der Waals surface area contributed by atoms with Gasteiger partial charge in [-0.05, 0) is 49.6 Å². The summed E-state index contributed by atoms with van der Waals surface area (Å²) >= 11 is 7.84. The lowest BCUT2D eigenvalue weighted by Gasteiger charge is -2.17. The van der Waals surface area contributed by atoms with Gasteiger partial charge in [-0.2, -0.15) is 0 Å². The second kappa shape index (κ2) is 6.92. The zero-order valence-corrected chi connectivity index (χ0v) is 13.9. The van der Waals surface area contributed by atoms with E-state index in [-0.39, 0.29) is 17.1 Å². The van der Waals surface area contributed by atoms with Crippen LogP contribution in [0.25, 0.3) is 0 Å². The largest absolute Gasteiger partial charge is 0.339 e. The second-order valence-electron chi connectivity index (χ2n) is 5.68. The number of carbonyl (C=O) groups is 2. The van der Waals surface area contributed by atoms with Crippen LogP contribution in [0.2, 0.25) is 5.02 Å². The molecule has 2 aliphatic heterocycles. The number of benzene rings is 1. The fourth-order valence-corrected chi connectivity index (χ4v) is 4.18. The smallest absolute Gasteiger partial charge is 0.253 e. The van der Waals surface area contributed by atoms with Crippen LogP contribution in [0.4, 0.5) is 5.69 Å². The van der Waals surface area contributed by atoms with Crippen LogP contribution in [0.5, 0.6) is 0 Å². The van der Waals surface area contributed by atoms with Crippen molar-refractivity contribution in [1.82, 2.24) is 4.90 Å². The minimum Gasteiger partial charge on any atom is -0.339 e. The highest BCUT2D eigenvalue weighted by molar-refractivity contribution is 8.00. The first-order chi connectivity index (χ1) is 10.6. The predicted octanol–water partition coefficient (Wildman–Crippen LogP) is 3.41. The lowest BCUT2D eigenvalue weighted by atomic mass is 10.1. The summed E-state index contributed by atoms with van der Waals surface area (Å²) in [4.78, 5) is 26.5. The first-order valence-electron chi connectivity index (χ1n) is 7.66. The molecule has 2 amide bonds. The molecule has 3 rings (SSSR count). The lowest BCUT2D eigenvalue weighted by molar-refractivity contribution is -0.115. The molecule has 2 aliphatic rings. The molecule has 1 aromatic rings. The number of amides is 2. The van der Waals surface area contributed by atoms with Gasteiger partial charge in [0.05, 0.1) is 16.0 Å². The van der Waals surface area contributed by atoms with Crippen molar-refractivity contribution in [3.63, 3.8) is 0 Å². The number of anilines is 1. The van der Waals surface area contributed by atoms with Crippen molar-refractivity contribution in [2.75, 3.05) is 24.2 Å². The lowest BCUT2D eigenvalue weighted by Crippen LogP contribution is -2.28. The van der Waals surface area contributed by atoms with E-state index in [1.807, 2.05) is 4.90 Å². The first-order valence-corrected chi connectivity index (χ1v) is 9.09. The number of halogens is 1. The van der Waals surface area contributed by atoms with Gasteiger partial charge < -0.3 is 10.2 Å². The number of nitrogens with zero attached hydrogens (tertiary/aromatic N) is 1. The van der Waals surface area contributed by atoms with Gasteiger partial charge in [0, 0.05) is 18.7 Å². The third-order valence-electron chi connectivity index (χ3n) is 4.09. The van der Waals surface area contributed by atoms with Crippen molar-refractivity contribution in [2.45, 2.75) is 30.9 Å². The van der Waals surface area contributed by atoms with E-state index in [1.165, 1.54) is 0 Å². The van der Waals surface area contributed by atoms with Gasteiger partial charge in [0.2, 0.25) is 5.91 Å². The number of rotatable bonds is 3. The predicted molar refractivity (Wildman–Crippen MR) is 90.7 cm³/mol. The molecule has 0 radical (unpaired) electrons. The standard InChI is InChI=1S/C16H19ClN2O2S/c17-12-6-5-11(16(21)19-7-1-2-8-19)10-13(12)18-15(20)14-4-3-9-22-14/h5-6,10,14H,1-4,7-9H2,(H,18,20). The summed E-state index contributed by atoms with van der Waals surface area (Å²) in [7, 11) is 0. The van der Waals surface area contributed by atoms with E-state index in [9.17, 15) is 9.59 Å². The first kappa shape index (κ1) is 15.7. The Kier molecular flexibility index (Phi) is 4.93. The van der Waals surface area contributed by atoms with E-state index < -0.39 is 0 Å². The Morgan fingerprint density at radius 1 is 1.23 bits per heavy atom. The molecule has 2 saturated heterocycles. The van der Waals surface area contributed by atoms with Gasteiger partial charge in [0.1, 0.15) is 0 Å². The average Bonchev–Trinajstić information content (AvgIpc) is 3.22. The van der Waals surface area contributed by atoms with E-state index in [0.29, 0.717) is 16.3 Å². The Labute approximate surface area is 139 Å². The fourth-order valence-electron chi connectivity index (χ4n) is 2.85. The highest BCUT2D eigenvalue weighted by Gasteiger charge is 2.25. The molecule has 118 valence electrons. The van der Waals surface area contributed by atoms with Crippen LogP contribution in [0.3, 0.4) is 0 Å². The van der Waals surface area contributed by atoms with Gasteiger partial charge in [-0.3, -0.25) is 9.59 Å². The van der Waals surface area contributed by atoms with Crippen molar-refractivity contribution in [3.05, 3.63) is 28.8 Å². The Balaban J connectivity index is 1.74. The minimum absolute atomic E-state index is 0.00555. The number of carbonyl (C=O) groups excluding carboxylic acids is 2. The van der Waals surface area contributed by atoms with Crippen molar-refractivity contribution in [2.24, 2.45) is 0 Å². The van der Waals surface area contributed by atoms with E-state index >= 15 is 0 Å². The van der Waals surface area contributed by atoms with Gasteiger partial charge in [-0.25, -0.2) is 0 Å². The van der Waals surface area contributed by atoms with Crippen LogP contribution in [0.15, 0.2) is 18.2 Å². The molecule has 1 atom stereocenters. The third-order valence-corrected chi connectivity index (χ3v) is 5.79. The zero-order valence-electron chi connectivity index (χ0n) is 12.3. The number of likely N-dealkylation sites (tertiary alicyclic amines) is 1. The van der Waals surface area contributed by atoms with Gasteiger partial charge in [-0.1, -0.05) is 11.6 Å². The van der Waals surface area contributed by atoms with E-state index in [2.05, 4.69) is 5.32 Å². The summed E-state index contributed by atoms with van der Waals surface area (Å²) in [6, 6.07) is 5.10. The molecule has 0 aromatic heterocycles. The topological polar surface area (TPSA) is 49.4 Å². The molecule has 0 spiro atoms. The summed E-state index contributed by atoms with van der Waals surface area (Å²) < 4.78 is 0. The van der Waals surface area contributed by atoms with Crippen LogP contribution in [0, 0.1) is 0 Å². The van der Waals surface area contributed by atoms with Crippen LogP contribution in [-0.4, -0.2) is 40.8 Å². The molecular formula is C16H19ClN2O2S. The molecule has 1 N–H and O–H groups in total. The summed E-state index contributed by atoms with van der Waals surface area (Å²) in [5.74, 6) is 1.02. The maximum Gasteiger partial charge on any atom is 0.253 e. The molecule has 22 heavy (non-hydrogen) atoms. The second-order valence-corrected chi connectivity index (χ2v) is 7.40. The third kappa shape index (κ3) is 3.41. The Bertz CT molecular complexity index is 582. The summed E-state index contributed by atoms with van der Waals surface area (Å²) in [5.41, 5.74) is 1.12. The molecule has 1 aromatic carbocycles. The fraction of sp³-hybridized carbons (Fsp3) is 0.500. The molecular weight excluding hydrogens is 320 g/mol. The van der Waals surface area contributed by atoms with Crippen LogP contribution >= 0.6 is 23.4 Å². The van der Waals surface area contributed by atoms with Gasteiger partial charge in [0.25, 0.3) is 5.91 Å². The minimum atomic E-state index is -0.0184. The molecule has 4 nitrogen and oxygen atoms in total. The molecule has 6 heteroatoms. The molecule has 0 bridgehead atoms. The van der Waals surface area contributed by atoms with Crippen LogP contribution in [0.1, 0.15) is 36.0 Å². The molecule has 2 fully saturated rings. The van der Waals surface area contributed by atoms with Gasteiger partial charge >= 0.3 is 0 Å². The van der Waals surface area contributed by atoms with E-state index in [0.717, 1.165) is 44.5 Å². The van der Waals surface area contributed by atoms with E-state index in [1.54, 1.807) is 30.0 Å². The average molecular weight is 339 g/mol. The Hall–Kier alpha value is -1.20. The summed E-state index contributed by atoms with van der Waals surface area (Å²) in [6.45, 7) is 1.61. The molecule has 1 unspecified atom stereocenters. The SMILES string of the molecule is O=C(Nc1cc(C(=O)N2CCCC2)ccc1Cl)C1CCCS1. The summed E-state index contributed by atoms with van der Waals surface area (Å²) in [6.07, 6.45) is 4.09. The highest BCUT2D eigenvalue weighted by Crippen LogP contribution is 2.29. The molecule has 0 aliphatic carbocycles. The number of hydrogen-bond donors (Lipinski definition) is 1. The number of hydrogen-bond acceptors (Lipinski definition) is 3. The summed E-state index contributed by atoms with van der Waals surface area (Å²) in [5, 5.41) is 3.34. The van der Waals surface area contributed by atoms with Crippen molar-refractivity contribution < 1.29 is 9.59 Å². The molecule has 2 heterocycles. The maximum absolute atomic E-state index is 12.4. The van der Waals surface area contributed by atoms with Gasteiger partial charge in [-0.15, -0.1) is 11.8 Å². The zero-order chi connectivity index (χ0) is 15.5. The van der Waals surface area contributed by atoms with Crippen LogP contribution in [-0.2, 0) is 4.79 Å². The van der Waals surface area contributed by atoms with Gasteiger partial charge in [0.15, 0.2) is 0 Å². The monoisotopic (exact) mass is 338 g/mol.